The van der Waals surface area contributed by atoms with Gasteiger partial charge in [-0.1, -0.05) is 41.4 Å². The van der Waals surface area contributed by atoms with Gasteiger partial charge in [0.25, 0.3) is 5.91 Å². The fourth-order valence-electron chi connectivity index (χ4n) is 2.68. The smallest absolute Gasteiger partial charge is 0.253 e. The maximum absolute atomic E-state index is 12.3. The van der Waals surface area contributed by atoms with Crippen molar-refractivity contribution in [3.8, 4) is 0 Å². The number of carbonyl (C=O) groups excluding carboxylic acids is 2. The second-order valence-electron chi connectivity index (χ2n) is 6.61. The Hall–Kier alpha value is -2.08. The van der Waals surface area contributed by atoms with Gasteiger partial charge >= 0.3 is 0 Å². The molecule has 142 valence electrons. The number of nitrogens with one attached hydrogen (secondary N) is 3. The highest BCUT2D eigenvalue weighted by Crippen LogP contribution is 2.26. The average Bonchev–Trinajstić information content (AvgIpc) is 3.44. The van der Waals surface area contributed by atoms with Crippen molar-refractivity contribution in [2.75, 3.05) is 11.9 Å². The van der Waals surface area contributed by atoms with Gasteiger partial charge in [-0.15, -0.1) is 0 Å². The first kappa shape index (κ1) is 19.7. The molecule has 1 saturated carbocycles. The summed E-state index contributed by atoms with van der Waals surface area (Å²) in [7, 11) is 0. The number of hydrogen-bond donors (Lipinski definition) is 3. The van der Waals surface area contributed by atoms with E-state index in [4.69, 9.17) is 23.2 Å². The van der Waals surface area contributed by atoms with Crippen LogP contribution in [0.15, 0.2) is 42.5 Å². The molecule has 5 nitrogen and oxygen atoms in total. The number of carbonyl (C=O) groups is 2. The molecule has 0 heterocycles. The van der Waals surface area contributed by atoms with E-state index in [1.807, 2.05) is 13.0 Å². The molecule has 27 heavy (non-hydrogen) atoms. The zero-order valence-corrected chi connectivity index (χ0v) is 16.4. The first-order valence-corrected chi connectivity index (χ1v) is 9.57. The highest BCUT2D eigenvalue weighted by atomic mass is 35.5. The lowest BCUT2D eigenvalue weighted by molar-refractivity contribution is -0.115. The fraction of sp³-hybridized carbons (Fsp3) is 0.300. The topological polar surface area (TPSA) is 70.2 Å². The molecule has 0 radical (unpaired) electrons. The maximum atomic E-state index is 12.3. The van der Waals surface area contributed by atoms with Crippen LogP contribution in [-0.4, -0.2) is 24.4 Å². The van der Waals surface area contributed by atoms with E-state index in [2.05, 4.69) is 16.0 Å². The van der Waals surface area contributed by atoms with E-state index in [1.54, 1.807) is 36.4 Å². The molecule has 1 aliphatic rings. The van der Waals surface area contributed by atoms with Gasteiger partial charge in [-0.3, -0.25) is 9.59 Å². The molecule has 7 heteroatoms. The van der Waals surface area contributed by atoms with Gasteiger partial charge in [0.2, 0.25) is 5.91 Å². The van der Waals surface area contributed by atoms with Crippen LogP contribution in [0.2, 0.25) is 10.0 Å². The molecular formula is C20H21Cl2N3O2. The van der Waals surface area contributed by atoms with Crippen LogP contribution in [0, 0.1) is 0 Å². The normalized spacial score (nSPS) is 14.5. The Labute approximate surface area is 168 Å². The Balaban J connectivity index is 1.58. The summed E-state index contributed by atoms with van der Waals surface area (Å²) >= 11 is 12.1. The highest BCUT2D eigenvalue weighted by molar-refractivity contribution is 6.35. The number of rotatable bonds is 7. The van der Waals surface area contributed by atoms with Crippen molar-refractivity contribution in [2.24, 2.45) is 0 Å². The molecule has 0 saturated heterocycles. The van der Waals surface area contributed by atoms with Crippen LogP contribution >= 0.6 is 23.2 Å². The Bertz CT molecular complexity index is 853. The van der Waals surface area contributed by atoms with Crippen molar-refractivity contribution in [2.45, 2.75) is 31.8 Å². The lowest BCUT2D eigenvalue weighted by atomic mass is 10.1. The summed E-state index contributed by atoms with van der Waals surface area (Å²) in [6.45, 7) is 2.00. The summed E-state index contributed by atoms with van der Waals surface area (Å²) in [5.41, 5.74) is 1.82. The number of halogens is 2. The minimum Gasteiger partial charge on any atom is -0.349 e. The van der Waals surface area contributed by atoms with E-state index in [9.17, 15) is 9.59 Å². The van der Waals surface area contributed by atoms with Crippen LogP contribution in [-0.2, 0) is 4.79 Å². The van der Waals surface area contributed by atoms with E-state index >= 15 is 0 Å². The van der Waals surface area contributed by atoms with Crippen LogP contribution in [0.3, 0.4) is 0 Å². The van der Waals surface area contributed by atoms with Crippen LogP contribution in [0.1, 0.15) is 41.7 Å². The molecule has 1 atom stereocenters. The molecule has 1 fully saturated rings. The van der Waals surface area contributed by atoms with Gasteiger partial charge in [0.1, 0.15) is 0 Å². The number of anilines is 1. The Kier molecular flexibility index (Phi) is 6.37. The highest BCUT2D eigenvalue weighted by Gasteiger charge is 2.25. The first-order valence-electron chi connectivity index (χ1n) is 8.82. The molecule has 0 bridgehead atoms. The largest absolute Gasteiger partial charge is 0.349 e. The Morgan fingerprint density at radius 1 is 1.15 bits per heavy atom. The van der Waals surface area contributed by atoms with E-state index < -0.39 is 0 Å². The monoisotopic (exact) mass is 405 g/mol. The summed E-state index contributed by atoms with van der Waals surface area (Å²) in [6.07, 6.45) is 2.02. The predicted molar refractivity (Wildman–Crippen MR) is 108 cm³/mol. The third-order valence-corrected chi connectivity index (χ3v) is 4.92. The molecule has 0 aliphatic heterocycles. The second kappa shape index (κ2) is 8.74. The van der Waals surface area contributed by atoms with Gasteiger partial charge < -0.3 is 16.0 Å². The standard InChI is InChI=1S/C20H21Cl2N3O2/c1-12(15-9-6-13(21)10-17(15)22)23-11-19(26)25-18-5-3-2-4-16(18)20(27)24-14-7-8-14/h2-6,9-10,12,14,23H,7-8,11H2,1H3,(H,24,27)(H,25,26). The van der Waals surface area contributed by atoms with Crippen LogP contribution < -0.4 is 16.0 Å². The lowest BCUT2D eigenvalue weighted by Crippen LogP contribution is -2.31. The molecule has 1 aliphatic carbocycles. The molecular weight excluding hydrogens is 385 g/mol. The fourth-order valence-corrected chi connectivity index (χ4v) is 3.26. The van der Waals surface area contributed by atoms with Gasteiger partial charge in [-0.25, -0.2) is 0 Å². The molecule has 0 aromatic heterocycles. The lowest BCUT2D eigenvalue weighted by Gasteiger charge is -2.16. The van der Waals surface area contributed by atoms with Crippen LogP contribution in [0.25, 0.3) is 0 Å². The van der Waals surface area contributed by atoms with Gasteiger partial charge in [0, 0.05) is 22.1 Å². The van der Waals surface area contributed by atoms with Gasteiger partial charge in [0.05, 0.1) is 17.8 Å². The minimum absolute atomic E-state index is 0.0820. The molecule has 1 unspecified atom stereocenters. The number of hydrogen-bond acceptors (Lipinski definition) is 3. The maximum Gasteiger partial charge on any atom is 0.253 e. The number of benzene rings is 2. The number of amides is 2. The Morgan fingerprint density at radius 2 is 1.89 bits per heavy atom. The quantitative estimate of drug-likeness (QED) is 0.646. The van der Waals surface area contributed by atoms with Crippen molar-refractivity contribution in [3.05, 3.63) is 63.6 Å². The first-order chi connectivity index (χ1) is 12.9. The van der Waals surface area contributed by atoms with Crippen molar-refractivity contribution in [1.82, 2.24) is 10.6 Å². The van der Waals surface area contributed by atoms with E-state index in [-0.39, 0.29) is 30.4 Å². The zero-order chi connectivity index (χ0) is 19.4. The van der Waals surface area contributed by atoms with Crippen molar-refractivity contribution in [1.29, 1.82) is 0 Å². The van der Waals surface area contributed by atoms with E-state index in [1.165, 1.54) is 0 Å². The average molecular weight is 406 g/mol. The van der Waals surface area contributed by atoms with Crippen molar-refractivity contribution in [3.63, 3.8) is 0 Å². The summed E-state index contributed by atoms with van der Waals surface area (Å²) < 4.78 is 0. The van der Waals surface area contributed by atoms with Crippen molar-refractivity contribution < 1.29 is 9.59 Å². The van der Waals surface area contributed by atoms with Crippen LogP contribution in [0.5, 0.6) is 0 Å². The molecule has 3 rings (SSSR count). The second-order valence-corrected chi connectivity index (χ2v) is 7.45. The third-order valence-electron chi connectivity index (χ3n) is 4.36. The molecule has 2 amide bonds. The predicted octanol–water partition coefficient (Wildman–Crippen LogP) is 4.17. The zero-order valence-electron chi connectivity index (χ0n) is 14.9. The Morgan fingerprint density at radius 3 is 2.59 bits per heavy atom. The summed E-state index contributed by atoms with van der Waals surface area (Å²) in [5.74, 6) is -0.402. The third kappa shape index (κ3) is 5.45. The summed E-state index contributed by atoms with van der Waals surface area (Å²) in [6, 6.07) is 12.4. The van der Waals surface area contributed by atoms with Gasteiger partial charge in [-0.2, -0.15) is 0 Å². The van der Waals surface area contributed by atoms with E-state index in [0.717, 1.165) is 18.4 Å². The molecule has 0 spiro atoms. The summed E-state index contributed by atoms with van der Waals surface area (Å²) in [4.78, 5) is 24.6. The molecule has 2 aromatic rings. The van der Waals surface area contributed by atoms with Gasteiger partial charge in [-0.05, 0) is 49.6 Å². The van der Waals surface area contributed by atoms with E-state index in [0.29, 0.717) is 21.3 Å². The number of para-hydroxylation sites is 1. The van der Waals surface area contributed by atoms with Gasteiger partial charge in [0.15, 0.2) is 0 Å². The SMILES string of the molecule is CC(NCC(=O)Nc1ccccc1C(=O)NC1CC1)c1ccc(Cl)cc1Cl. The molecule has 3 N–H and O–H groups in total. The minimum atomic E-state index is -0.237. The summed E-state index contributed by atoms with van der Waals surface area (Å²) in [5, 5.41) is 9.98. The molecule has 2 aromatic carbocycles. The van der Waals surface area contributed by atoms with Crippen LogP contribution in [0.4, 0.5) is 5.69 Å². The van der Waals surface area contributed by atoms with Crippen molar-refractivity contribution >= 4 is 40.7 Å².